The second kappa shape index (κ2) is 8.57. The Kier molecular flexibility index (Phi) is 5.95. The van der Waals surface area contributed by atoms with Crippen molar-refractivity contribution in [1.82, 2.24) is 15.1 Å². The molecule has 27 heavy (non-hydrogen) atoms. The zero-order valence-corrected chi connectivity index (χ0v) is 15.7. The first kappa shape index (κ1) is 18.8. The summed E-state index contributed by atoms with van der Waals surface area (Å²) in [6.07, 6.45) is 3.15. The molecule has 1 aromatic heterocycles. The van der Waals surface area contributed by atoms with Crippen molar-refractivity contribution in [2.75, 3.05) is 34.4 Å². The second-order valence-corrected chi connectivity index (χ2v) is 6.08. The maximum Gasteiger partial charge on any atom is 0.257 e. The van der Waals surface area contributed by atoms with Gasteiger partial charge in [0.2, 0.25) is 11.6 Å². The van der Waals surface area contributed by atoms with E-state index in [9.17, 15) is 4.79 Å². The van der Waals surface area contributed by atoms with Crippen LogP contribution in [-0.4, -0.2) is 61.5 Å². The molecule has 3 rings (SSSR count). The van der Waals surface area contributed by atoms with Gasteiger partial charge < -0.3 is 23.8 Å². The van der Waals surface area contributed by atoms with Crippen LogP contribution in [0.3, 0.4) is 0 Å². The summed E-state index contributed by atoms with van der Waals surface area (Å²) in [5.41, 5.74) is 0.426. The van der Waals surface area contributed by atoms with Gasteiger partial charge in [0, 0.05) is 18.8 Å². The number of carbonyl (C=O) groups excluding carboxylic acids is 1. The van der Waals surface area contributed by atoms with E-state index >= 15 is 0 Å². The fourth-order valence-electron chi connectivity index (χ4n) is 3.18. The van der Waals surface area contributed by atoms with Crippen molar-refractivity contribution in [2.24, 2.45) is 0 Å². The van der Waals surface area contributed by atoms with E-state index in [1.165, 1.54) is 21.3 Å². The van der Waals surface area contributed by atoms with E-state index in [1.54, 1.807) is 35.4 Å². The summed E-state index contributed by atoms with van der Waals surface area (Å²) in [4.78, 5) is 14.9. The van der Waals surface area contributed by atoms with E-state index in [0.29, 0.717) is 41.8 Å². The van der Waals surface area contributed by atoms with Crippen molar-refractivity contribution >= 4 is 5.91 Å². The van der Waals surface area contributed by atoms with Gasteiger partial charge in [0.05, 0.1) is 33.4 Å². The molecule has 1 aliphatic heterocycles. The zero-order valence-electron chi connectivity index (χ0n) is 15.7. The molecule has 1 saturated heterocycles. The van der Waals surface area contributed by atoms with E-state index in [2.05, 4.69) is 10.2 Å². The van der Waals surface area contributed by atoms with Crippen LogP contribution in [0.1, 0.15) is 23.2 Å². The van der Waals surface area contributed by atoms with Crippen LogP contribution in [0.2, 0.25) is 0 Å². The number of piperidine rings is 1. The molecular formula is C19H23N3O5. The number of methoxy groups -OCH3 is 3. The molecule has 0 N–H and O–H groups in total. The first-order chi connectivity index (χ1) is 13.2. The molecule has 1 unspecified atom stereocenters. The van der Waals surface area contributed by atoms with Crippen molar-refractivity contribution in [3.8, 4) is 23.1 Å². The zero-order chi connectivity index (χ0) is 19.2. The number of ether oxygens (including phenoxy) is 4. The topological polar surface area (TPSA) is 83.0 Å². The number of benzene rings is 1. The first-order valence-electron chi connectivity index (χ1n) is 8.70. The van der Waals surface area contributed by atoms with Crippen LogP contribution in [0.4, 0.5) is 0 Å². The van der Waals surface area contributed by atoms with Gasteiger partial charge in [-0.15, -0.1) is 5.10 Å². The Morgan fingerprint density at radius 1 is 1.11 bits per heavy atom. The van der Waals surface area contributed by atoms with Crippen LogP contribution in [0.15, 0.2) is 30.5 Å². The minimum absolute atomic E-state index is 0.134. The molecule has 1 amide bonds. The third-order valence-corrected chi connectivity index (χ3v) is 4.44. The predicted octanol–water partition coefficient (Wildman–Crippen LogP) is 2.19. The van der Waals surface area contributed by atoms with Crippen LogP contribution in [0, 0.1) is 0 Å². The fraction of sp³-hybridized carbons (Fsp3) is 0.421. The molecule has 8 nitrogen and oxygen atoms in total. The van der Waals surface area contributed by atoms with Gasteiger partial charge in [0.15, 0.2) is 11.5 Å². The van der Waals surface area contributed by atoms with E-state index in [1.807, 2.05) is 0 Å². The summed E-state index contributed by atoms with van der Waals surface area (Å²) in [5, 5.41) is 7.76. The van der Waals surface area contributed by atoms with Crippen molar-refractivity contribution in [3.05, 3.63) is 36.0 Å². The summed E-state index contributed by atoms with van der Waals surface area (Å²) in [7, 11) is 4.56. The monoisotopic (exact) mass is 373 g/mol. The van der Waals surface area contributed by atoms with Crippen LogP contribution >= 0.6 is 0 Å². The maximum absolute atomic E-state index is 13.1. The molecular weight excluding hydrogens is 350 g/mol. The molecule has 2 aromatic rings. The summed E-state index contributed by atoms with van der Waals surface area (Å²) >= 11 is 0. The lowest BCUT2D eigenvalue weighted by atomic mass is 10.1. The molecule has 144 valence electrons. The Balaban J connectivity index is 1.79. The first-order valence-corrected chi connectivity index (χ1v) is 8.70. The molecule has 0 radical (unpaired) electrons. The van der Waals surface area contributed by atoms with Gasteiger partial charge in [-0.25, -0.2) is 0 Å². The highest BCUT2D eigenvalue weighted by Gasteiger charge is 2.29. The summed E-state index contributed by atoms with van der Waals surface area (Å²) in [5.74, 6) is 1.59. The summed E-state index contributed by atoms with van der Waals surface area (Å²) < 4.78 is 22.0. The summed E-state index contributed by atoms with van der Waals surface area (Å²) in [6, 6.07) is 6.91. The van der Waals surface area contributed by atoms with Crippen LogP contribution in [-0.2, 0) is 0 Å². The SMILES string of the molecule is COc1ccc(C(=O)N2CCCC(Oc3cccnn3)C2)c(OC)c1OC. The molecule has 1 fully saturated rings. The third-order valence-electron chi connectivity index (χ3n) is 4.44. The average molecular weight is 373 g/mol. The maximum atomic E-state index is 13.1. The van der Waals surface area contributed by atoms with Gasteiger partial charge in [-0.2, -0.15) is 5.10 Å². The normalized spacial score (nSPS) is 16.6. The number of carbonyl (C=O) groups is 1. The molecule has 0 spiro atoms. The Morgan fingerprint density at radius 2 is 1.93 bits per heavy atom. The highest BCUT2D eigenvalue weighted by molar-refractivity contribution is 5.98. The average Bonchev–Trinajstić information content (AvgIpc) is 2.72. The lowest BCUT2D eigenvalue weighted by Gasteiger charge is -2.33. The Hall–Kier alpha value is -3.03. The minimum Gasteiger partial charge on any atom is -0.493 e. The predicted molar refractivity (Wildman–Crippen MR) is 97.7 cm³/mol. The van der Waals surface area contributed by atoms with Gasteiger partial charge in [0.25, 0.3) is 5.91 Å². The highest BCUT2D eigenvalue weighted by atomic mass is 16.5. The number of aromatic nitrogens is 2. The fourth-order valence-corrected chi connectivity index (χ4v) is 3.18. The minimum atomic E-state index is -0.139. The van der Waals surface area contributed by atoms with E-state index in [0.717, 1.165) is 12.8 Å². The number of hydrogen-bond acceptors (Lipinski definition) is 7. The number of rotatable bonds is 6. The highest BCUT2D eigenvalue weighted by Crippen LogP contribution is 2.40. The van der Waals surface area contributed by atoms with Gasteiger partial charge in [0.1, 0.15) is 6.10 Å². The largest absolute Gasteiger partial charge is 0.493 e. The Bertz CT molecular complexity index is 784. The molecule has 1 aliphatic rings. The number of amides is 1. The molecule has 0 bridgehead atoms. The number of likely N-dealkylation sites (tertiary alicyclic amines) is 1. The lowest BCUT2D eigenvalue weighted by Crippen LogP contribution is -2.44. The van der Waals surface area contributed by atoms with Crippen LogP contribution in [0.5, 0.6) is 23.1 Å². The van der Waals surface area contributed by atoms with Crippen molar-refractivity contribution < 1.29 is 23.7 Å². The van der Waals surface area contributed by atoms with E-state index < -0.39 is 0 Å². The van der Waals surface area contributed by atoms with Crippen LogP contribution in [0.25, 0.3) is 0 Å². The summed E-state index contributed by atoms with van der Waals surface area (Å²) in [6.45, 7) is 1.11. The Morgan fingerprint density at radius 3 is 2.59 bits per heavy atom. The van der Waals surface area contributed by atoms with Gasteiger partial charge in [-0.1, -0.05) is 0 Å². The molecule has 0 aliphatic carbocycles. The molecule has 1 aromatic carbocycles. The number of nitrogens with zero attached hydrogens (tertiary/aromatic N) is 3. The second-order valence-electron chi connectivity index (χ2n) is 6.08. The molecule has 2 heterocycles. The number of hydrogen-bond donors (Lipinski definition) is 0. The molecule has 8 heteroatoms. The third kappa shape index (κ3) is 4.05. The van der Waals surface area contributed by atoms with Gasteiger partial charge >= 0.3 is 0 Å². The van der Waals surface area contributed by atoms with E-state index in [4.69, 9.17) is 18.9 Å². The molecule has 1 atom stereocenters. The van der Waals surface area contributed by atoms with Crippen molar-refractivity contribution in [2.45, 2.75) is 18.9 Å². The molecule has 0 saturated carbocycles. The quantitative estimate of drug-likeness (QED) is 0.767. The lowest BCUT2D eigenvalue weighted by molar-refractivity contribution is 0.0522. The smallest absolute Gasteiger partial charge is 0.257 e. The standard InChI is InChI=1S/C19H23N3O5/c1-24-15-9-8-14(17(25-2)18(15)26-3)19(23)22-11-5-6-13(12-22)27-16-7-4-10-20-21-16/h4,7-10,13H,5-6,11-12H2,1-3H3. The van der Waals surface area contributed by atoms with Crippen molar-refractivity contribution in [3.63, 3.8) is 0 Å². The van der Waals surface area contributed by atoms with Gasteiger partial charge in [-0.3, -0.25) is 4.79 Å². The van der Waals surface area contributed by atoms with Crippen molar-refractivity contribution in [1.29, 1.82) is 0 Å². The van der Waals surface area contributed by atoms with Crippen LogP contribution < -0.4 is 18.9 Å². The van der Waals surface area contributed by atoms with Gasteiger partial charge in [-0.05, 0) is 31.0 Å². The Labute approximate surface area is 158 Å². The van der Waals surface area contributed by atoms with E-state index in [-0.39, 0.29) is 12.0 Å².